The number of alkyl halides is 3. The molecule has 1 aromatic carbocycles. The monoisotopic (exact) mass is 299 g/mol. The number of halogens is 3. The highest BCUT2D eigenvalue weighted by atomic mass is 19.4. The Kier molecular flexibility index (Phi) is 4.62. The summed E-state index contributed by atoms with van der Waals surface area (Å²) in [5.41, 5.74) is -0.440. The molecule has 0 aliphatic heterocycles. The number of rotatable bonds is 5. The summed E-state index contributed by atoms with van der Waals surface area (Å²) >= 11 is 0. The van der Waals surface area contributed by atoms with Gasteiger partial charge in [-0.25, -0.2) is 0 Å². The minimum atomic E-state index is -4.39. The van der Waals surface area contributed by atoms with E-state index < -0.39 is 11.7 Å². The third-order valence-corrected chi connectivity index (χ3v) is 2.81. The Morgan fingerprint density at radius 2 is 2.05 bits per heavy atom. The van der Waals surface area contributed by atoms with Crippen LogP contribution in [0.2, 0.25) is 0 Å². The van der Waals surface area contributed by atoms with Crippen LogP contribution in [0.5, 0.6) is 0 Å². The highest BCUT2D eigenvalue weighted by Gasteiger charge is 2.30. The highest BCUT2D eigenvalue weighted by Crippen LogP contribution is 2.31. The maximum Gasteiger partial charge on any atom is 0.416 e. The van der Waals surface area contributed by atoms with Gasteiger partial charge in [-0.05, 0) is 12.1 Å². The first-order chi connectivity index (χ1) is 9.86. The molecule has 4 nitrogen and oxygen atoms in total. The second-order valence-electron chi connectivity index (χ2n) is 4.95. The van der Waals surface area contributed by atoms with Gasteiger partial charge in [0.1, 0.15) is 0 Å². The molecule has 0 amide bonds. The molecule has 114 valence electrons. The minimum absolute atomic E-state index is 0.167. The quantitative estimate of drug-likeness (QED) is 0.920. The van der Waals surface area contributed by atoms with Crippen molar-refractivity contribution in [2.24, 2.45) is 0 Å². The molecule has 1 aromatic heterocycles. The molecular formula is C14H16F3N3O. The second kappa shape index (κ2) is 6.26. The summed E-state index contributed by atoms with van der Waals surface area (Å²) in [5.74, 6) is 0.566. The Bertz CT molecular complexity index is 593. The van der Waals surface area contributed by atoms with Gasteiger partial charge in [-0.3, -0.25) is 0 Å². The first-order valence-electron chi connectivity index (χ1n) is 6.60. The van der Waals surface area contributed by atoms with Gasteiger partial charge in [0.2, 0.25) is 11.7 Å². The lowest BCUT2D eigenvalue weighted by molar-refractivity contribution is -0.137. The van der Waals surface area contributed by atoms with E-state index in [1.54, 1.807) is 0 Å². The molecule has 1 heterocycles. The third-order valence-electron chi connectivity index (χ3n) is 2.81. The first-order valence-corrected chi connectivity index (χ1v) is 6.60. The molecule has 0 bridgehead atoms. The van der Waals surface area contributed by atoms with Gasteiger partial charge in [0.25, 0.3) is 0 Å². The van der Waals surface area contributed by atoms with Gasteiger partial charge in [0, 0.05) is 24.6 Å². The minimum Gasteiger partial charge on any atom is -0.339 e. The SMILES string of the molecule is CC(C)NCCc1nc(-c2cccc(C(F)(F)F)c2)no1. The van der Waals surface area contributed by atoms with Crippen molar-refractivity contribution in [2.75, 3.05) is 6.54 Å². The van der Waals surface area contributed by atoms with Crippen LogP contribution in [-0.2, 0) is 12.6 Å². The van der Waals surface area contributed by atoms with Crippen molar-refractivity contribution in [2.45, 2.75) is 32.5 Å². The second-order valence-corrected chi connectivity index (χ2v) is 4.95. The smallest absolute Gasteiger partial charge is 0.339 e. The van der Waals surface area contributed by atoms with Crippen LogP contribution in [0.15, 0.2) is 28.8 Å². The Morgan fingerprint density at radius 1 is 1.29 bits per heavy atom. The van der Waals surface area contributed by atoms with Crippen molar-refractivity contribution in [3.63, 3.8) is 0 Å². The molecule has 0 aliphatic carbocycles. The predicted octanol–water partition coefficient (Wildman–Crippen LogP) is 3.30. The van der Waals surface area contributed by atoms with Crippen molar-refractivity contribution in [3.05, 3.63) is 35.7 Å². The number of hydrogen-bond donors (Lipinski definition) is 1. The van der Waals surface area contributed by atoms with Crippen LogP contribution in [0.1, 0.15) is 25.3 Å². The molecule has 1 N–H and O–H groups in total. The van der Waals surface area contributed by atoms with E-state index in [-0.39, 0.29) is 11.4 Å². The predicted molar refractivity (Wildman–Crippen MR) is 71.6 cm³/mol. The van der Waals surface area contributed by atoms with Crippen molar-refractivity contribution >= 4 is 0 Å². The normalized spacial score (nSPS) is 12.1. The van der Waals surface area contributed by atoms with Crippen molar-refractivity contribution in [1.29, 1.82) is 0 Å². The van der Waals surface area contributed by atoms with Crippen LogP contribution in [0.3, 0.4) is 0 Å². The summed E-state index contributed by atoms with van der Waals surface area (Å²) in [4.78, 5) is 4.12. The fourth-order valence-electron chi connectivity index (χ4n) is 1.78. The molecule has 0 saturated heterocycles. The van der Waals surface area contributed by atoms with E-state index >= 15 is 0 Å². The van der Waals surface area contributed by atoms with E-state index in [9.17, 15) is 13.2 Å². The van der Waals surface area contributed by atoms with Gasteiger partial charge in [-0.15, -0.1) is 0 Å². The maximum atomic E-state index is 12.7. The van der Waals surface area contributed by atoms with Crippen molar-refractivity contribution in [3.8, 4) is 11.4 Å². The van der Waals surface area contributed by atoms with Crippen LogP contribution in [0.25, 0.3) is 11.4 Å². The molecule has 21 heavy (non-hydrogen) atoms. The lowest BCUT2D eigenvalue weighted by Crippen LogP contribution is -2.25. The maximum absolute atomic E-state index is 12.7. The largest absolute Gasteiger partial charge is 0.416 e. The molecule has 0 fully saturated rings. The fraction of sp³-hybridized carbons (Fsp3) is 0.429. The van der Waals surface area contributed by atoms with E-state index in [4.69, 9.17) is 4.52 Å². The van der Waals surface area contributed by atoms with Crippen molar-refractivity contribution in [1.82, 2.24) is 15.5 Å². The molecule has 0 spiro atoms. The Hall–Kier alpha value is -1.89. The number of hydrogen-bond acceptors (Lipinski definition) is 4. The zero-order valence-electron chi connectivity index (χ0n) is 11.7. The summed E-state index contributed by atoms with van der Waals surface area (Å²) in [6.07, 6.45) is -3.85. The molecule has 0 aliphatic rings. The molecule has 7 heteroatoms. The number of aromatic nitrogens is 2. The standard InChI is InChI=1S/C14H16F3N3O/c1-9(2)18-7-6-12-19-13(20-21-12)10-4-3-5-11(8-10)14(15,16)17/h3-5,8-9,18H,6-7H2,1-2H3. The van der Waals surface area contributed by atoms with Crippen LogP contribution < -0.4 is 5.32 Å². The zero-order valence-corrected chi connectivity index (χ0v) is 11.7. The molecule has 2 aromatic rings. The van der Waals surface area contributed by atoms with Gasteiger partial charge in [0.15, 0.2) is 0 Å². The summed E-state index contributed by atoms with van der Waals surface area (Å²) in [6, 6.07) is 5.22. The first kappa shape index (κ1) is 15.5. The fourth-order valence-corrected chi connectivity index (χ4v) is 1.78. The van der Waals surface area contributed by atoms with Gasteiger partial charge < -0.3 is 9.84 Å². The summed E-state index contributed by atoms with van der Waals surface area (Å²) in [5, 5.41) is 6.92. The molecule has 0 saturated carbocycles. The summed E-state index contributed by atoms with van der Waals surface area (Å²) in [6.45, 7) is 4.70. The van der Waals surface area contributed by atoms with Crippen LogP contribution in [0, 0.1) is 0 Å². The summed E-state index contributed by atoms with van der Waals surface area (Å²) in [7, 11) is 0. The van der Waals surface area contributed by atoms with Gasteiger partial charge in [-0.2, -0.15) is 18.2 Å². The van der Waals surface area contributed by atoms with Crippen LogP contribution >= 0.6 is 0 Å². The molecule has 0 atom stereocenters. The van der Waals surface area contributed by atoms with E-state index in [1.807, 2.05) is 13.8 Å². The topological polar surface area (TPSA) is 51.0 Å². The lowest BCUT2D eigenvalue weighted by Gasteiger charge is -2.06. The number of benzene rings is 1. The van der Waals surface area contributed by atoms with E-state index in [0.29, 0.717) is 24.9 Å². The van der Waals surface area contributed by atoms with Gasteiger partial charge in [0.05, 0.1) is 5.56 Å². The number of nitrogens with one attached hydrogen (secondary N) is 1. The Labute approximate surface area is 120 Å². The number of nitrogens with zero attached hydrogens (tertiary/aromatic N) is 2. The van der Waals surface area contributed by atoms with Crippen molar-refractivity contribution < 1.29 is 17.7 Å². The van der Waals surface area contributed by atoms with E-state index in [0.717, 1.165) is 12.1 Å². The van der Waals surface area contributed by atoms with Gasteiger partial charge >= 0.3 is 6.18 Å². The Morgan fingerprint density at radius 3 is 2.71 bits per heavy atom. The molecular weight excluding hydrogens is 283 g/mol. The highest BCUT2D eigenvalue weighted by molar-refractivity contribution is 5.55. The average Bonchev–Trinajstić information content (AvgIpc) is 2.86. The Balaban J connectivity index is 2.11. The third kappa shape index (κ3) is 4.29. The summed E-state index contributed by atoms with van der Waals surface area (Å²) < 4.78 is 43.0. The average molecular weight is 299 g/mol. The molecule has 0 unspecified atom stereocenters. The molecule has 2 rings (SSSR count). The van der Waals surface area contributed by atoms with E-state index in [1.165, 1.54) is 12.1 Å². The van der Waals surface area contributed by atoms with Crippen LogP contribution in [0.4, 0.5) is 13.2 Å². The molecule has 0 radical (unpaired) electrons. The van der Waals surface area contributed by atoms with Crippen LogP contribution in [-0.4, -0.2) is 22.7 Å². The lowest BCUT2D eigenvalue weighted by atomic mass is 10.1. The van der Waals surface area contributed by atoms with E-state index in [2.05, 4.69) is 15.5 Å². The zero-order chi connectivity index (χ0) is 15.5. The van der Waals surface area contributed by atoms with Gasteiger partial charge in [-0.1, -0.05) is 31.1 Å².